The second kappa shape index (κ2) is 15.8. The first kappa shape index (κ1) is 22.5. The monoisotopic (exact) mass is 850 g/mol. The van der Waals surface area contributed by atoms with Crippen molar-refractivity contribution in [2.75, 3.05) is 16.5 Å². The Balaban J connectivity index is 1.10. The van der Waals surface area contributed by atoms with Crippen LogP contribution in [-0.4, -0.2) is 16.2 Å². The summed E-state index contributed by atoms with van der Waals surface area (Å²) in [4.78, 5) is 8.11. The molecule has 8 aromatic carbocycles. The first-order chi connectivity index (χ1) is 40.0. The molecule has 0 spiro atoms. The van der Waals surface area contributed by atoms with Gasteiger partial charge in [0.05, 0.1) is 52.8 Å². The molecule has 11 rings (SSSR count). The second-order valence-corrected chi connectivity index (χ2v) is 16.1. The summed E-state index contributed by atoms with van der Waals surface area (Å²) >= 11 is 0. The van der Waals surface area contributed by atoms with Crippen LogP contribution in [0, 0.1) is 6.85 Å². The molecular weight excluding hydrogens is 781 g/mol. The van der Waals surface area contributed by atoms with Crippen LogP contribution in [0.15, 0.2) is 206 Å². The van der Waals surface area contributed by atoms with Crippen LogP contribution in [0.5, 0.6) is 11.5 Å². The summed E-state index contributed by atoms with van der Waals surface area (Å²) in [6, 6.07) is 17.3. The van der Waals surface area contributed by atoms with Gasteiger partial charge < -0.3 is 14.5 Å². The number of nitrogens with zero attached hydrogens (tertiary/aromatic N) is 4. The number of ether oxygens (including phenoxy) is 1. The molecule has 1 aliphatic rings. The molecule has 0 saturated carbocycles. The van der Waals surface area contributed by atoms with E-state index in [9.17, 15) is 8.22 Å². The topological polar surface area (TPSA) is 33.5 Å². The molecule has 0 unspecified atom stereocenters. The van der Waals surface area contributed by atoms with Gasteiger partial charge in [0, 0.05) is 50.0 Å². The van der Waals surface area contributed by atoms with E-state index in [4.69, 9.17) is 25.3 Å². The Kier molecular flexibility index (Phi) is 5.54. The quantitative estimate of drug-likeness (QED) is 0.153. The van der Waals surface area contributed by atoms with Crippen molar-refractivity contribution in [1.29, 1.82) is 0 Å². The molecule has 0 N–H and O–H groups in total. The Labute approximate surface area is 404 Å². The minimum absolute atomic E-state index is 0.00521. The van der Waals surface area contributed by atoms with Crippen molar-refractivity contribution in [3.63, 3.8) is 0 Å². The summed E-state index contributed by atoms with van der Waals surface area (Å²) in [5, 5.41) is -0.674. The highest BCUT2D eigenvalue weighted by Crippen LogP contribution is 2.50. The molecule has 0 atom stereocenters. The lowest BCUT2D eigenvalue weighted by atomic mass is 9.85. The van der Waals surface area contributed by atoms with Crippen LogP contribution < -0.4 is 14.5 Å². The Morgan fingerprint density at radius 2 is 1.31 bits per heavy atom. The van der Waals surface area contributed by atoms with Gasteiger partial charge in [0.15, 0.2) is 0 Å². The normalized spacial score (nSPS) is 17.4. The summed E-state index contributed by atoms with van der Waals surface area (Å²) < 4.78 is 192. The van der Waals surface area contributed by atoms with Crippen LogP contribution in [0.1, 0.15) is 60.7 Å². The number of pyridine rings is 1. The van der Waals surface area contributed by atoms with Crippen LogP contribution >= 0.6 is 0 Å². The molecule has 0 radical (unpaired) electrons. The van der Waals surface area contributed by atoms with Crippen molar-refractivity contribution in [3.8, 4) is 50.7 Å². The predicted molar refractivity (Wildman–Crippen MR) is 267 cm³/mol. The summed E-state index contributed by atoms with van der Waals surface area (Å²) in [6.07, 6.45) is -0.895. The largest absolute Gasteiger partial charge is 0.457 e. The molecule has 310 valence electrons. The maximum Gasteiger partial charge on any atom is 0.137 e. The molecule has 3 heterocycles. The average molecular weight is 850 g/mol. The van der Waals surface area contributed by atoms with E-state index in [0.29, 0.717) is 33.9 Å². The number of para-hydroxylation sites is 3. The van der Waals surface area contributed by atoms with Crippen LogP contribution in [0.2, 0.25) is 0 Å². The molecule has 0 amide bonds. The second-order valence-electron chi connectivity index (χ2n) is 16.1. The Hall–Kier alpha value is -7.89. The molecule has 2 aromatic heterocycles. The van der Waals surface area contributed by atoms with E-state index in [1.54, 1.807) is 36.4 Å². The molecule has 5 nitrogen and oxygen atoms in total. The summed E-state index contributed by atoms with van der Waals surface area (Å²) in [5.74, 6) is -0.869. The maximum absolute atomic E-state index is 9.64. The number of rotatable bonds is 8. The molecule has 1 aliphatic heterocycles. The highest BCUT2D eigenvalue weighted by atomic mass is 16.5. The van der Waals surface area contributed by atoms with Crippen molar-refractivity contribution >= 4 is 44.6 Å². The van der Waals surface area contributed by atoms with Crippen molar-refractivity contribution in [3.05, 3.63) is 217 Å². The zero-order valence-corrected chi connectivity index (χ0v) is 34.6. The third-order valence-electron chi connectivity index (χ3n) is 11.1. The zero-order valence-electron chi connectivity index (χ0n) is 55.6. The first-order valence-corrected chi connectivity index (χ1v) is 20.3. The molecule has 0 fully saturated rings. The van der Waals surface area contributed by atoms with E-state index in [2.05, 4.69) is 31.8 Å². The SMILES string of the molecule is [2H]c1nc(-n2c3cc(Oc4cccc(N5CN(c6c(-c7cccc(C(C)(C)C)c7)cccc6-c6c([2H])c([2H])c([2H])c([2H])c6[2H])c6ccccc65)c4)c([2H])c([2H])c3c3c([2H])c(-c4c([2H])c([2H])c([2H])c([2H])c4[2H])c([2H])c([2H])c32)c([2H])c(C([2H])([2H])[2H])c1[2H]. The lowest BCUT2D eigenvalue weighted by molar-refractivity contribution is 0.483. The summed E-state index contributed by atoms with van der Waals surface area (Å²) in [7, 11) is 0. The van der Waals surface area contributed by atoms with E-state index in [-0.39, 0.29) is 57.5 Å². The fourth-order valence-corrected chi connectivity index (χ4v) is 8.12. The lowest BCUT2D eigenvalue weighted by Gasteiger charge is -2.28. The summed E-state index contributed by atoms with van der Waals surface area (Å²) in [6.45, 7) is 3.23. The van der Waals surface area contributed by atoms with E-state index in [1.807, 2.05) is 58.3 Å². The van der Waals surface area contributed by atoms with Gasteiger partial charge in [0.2, 0.25) is 0 Å². The van der Waals surface area contributed by atoms with Gasteiger partial charge >= 0.3 is 0 Å². The zero-order chi connectivity index (χ0) is 61.5. The van der Waals surface area contributed by atoms with Crippen LogP contribution in [0.25, 0.3) is 61.0 Å². The van der Waals surface area contributed by atoms with E-state index in [1.165, 1.54) is 6.07 Å². The Bertz CT molecular complexity index is 4480. The average Bonchev–Trinajstić information content (AvgIpc) is 1.66. The van der Waals surface area contributed by atoms with Gasteiger partial charge in [-0.2, -0.15) is 0 Å². The van der Waals surface area contributed by atoms with Crippen molar-refractivity contribution in [1.82, 2.24) is 9.55 Å². The number of aromatic nitrogens is 2. The van der Waals surface area contributed by atoms with Crippen molar-refractivity contribution < 1.29 is 33.5 Å². The van der Waals surface area contributed by atoms with E-state index < -0.39 is 132 Å². The third kappa shape index (κ3) is 7.05. The van der Waals surface area contributed by atoms with Crippen LogP contribution in [0.3, 0.4) is 0 Å². The minimum atomic E-state index is -3.16. The van der Waals surface area contributed by atoms with Gasteiger partial charge in [-0.05, 0) is 106 Å². The standard InChI is InChI=1S/C59H48N4O/c1-40-32-33-60-57(34-40)63-53-31-28-43(41-16-7-5-8-17-41)36-52(53)51-30-29-48(38-56(51)63)64-47-23-14-22-46(37-47)61-39-62(55-27-12-11-26-54(55)61)58-49(42-18-9-6-10-19-42)24-15-25-50(58)44-20-13-21-45(35-44)59(2,3)4/h5-38H,39H2,1-4H3/i1D3,5D,6D,7D,8D,9D,10D,16D,17D,18D,19D,28D,29D,30D,31D,32D,33D,34D,36D. The molecule has 0 aliphatic carbocycles. The predicted octanol–water partition coefficient (Wildman–Crippen LogP) is 15.8. The molecule has 64 heavy (non-hydrogen) atoms. The molecule has 5 heteroatoms. The molecular formula is C59H48N4O. The van der Waals surface area contributed by atoms with Gasteiger partial charge in [-0.3, -0.25) is 4.57 Å². The van der Waals surface area contributed by atoms with E-state index in [0.717, 1.165) is 15.7 Å². The fourth-order valence-electron chi connectivity index (χ4n) is 8.12. The van der Waals surface area contributed by atoms with Crippen LogP contribution in [-0.2, 0) is 5.41 Å². The number of anilines is 4. The van der Waals surface area contributed by atoms with Crippen molar-refractivity contribution in [2.45, 2.75) is 33.0 Å². The van der Waals surface area contributed by atoms with Crippen molar-refractivity contribution in [2.24, 2.45) is 0 Å². The fraction of sp³-hybridized carbons (Fsp3) is 0.102. The summed E-state index contributed by atoms with van der Waals surface area (Å²) in [5.41, 5.74) is 2.41. The lowest BCUT2D eigenvalue weighted by Crippen LogP contribution is -2.25. The highest BCUT2D eigenvalue weighted by Gasteiger charge is 2.31. The first-order valence-electron chi connectivity index (χ1n) is 30.8. The van der Waals surface area contributed by atoms with Crippen LogP contribution in [0.4, 0.5) is 22.7 Å². The van der Waals surface area contributed by atoms with Gasteiger partial charge in [-0.1, -0.05) is 148 Å². The van der Waals surface area contributed by atoms with Gasteiger partial charge in [0.25, 0.3) is 0 Å². The number of benzene rings is 8. The third-order valence-corrected chi connectivity index (χ3v) is 11.1. The molecule has 0 bridgehead atoms. The Morgan fingerprint density at radius 3 is 2.09 bits per heavy atom. The number of hydrogen-bond donors (Lipinski definition) is 0. The van der Waals surface area contributed by atoms with Gasteiger partial charge in [-0.25, -0.2) is 4.98 Å². The molecule has 0 saturated heterocycles. The molecule has 10 aromatic rings. The van der Waals surface area contributed by atoms with Gasteiger partial charge in [0.1, 0.15) is 24.0 Å². The number of fused-ring (bicyclic) bond motifs is 4. The van der Waals surface area contributed by atoms with Gasteiger partial charge in [-0.15, -0.1) is 0 Å². The minimum Gasteiger partial charge on any atom is -0.457 e. The van der Waals surface area contributed by atoms with E-state index >= 15 is 0 Å². The Morgan fingerprint density at radius 1 is 0.578 bits per heavy atom. The number of hydrogen-bond acceptors (Lipinski definition) is 4. The highest BCUT2D eigenvalue weighted by molar-refractivity contribution is 6.11. The maximum atomic E-state index is 9.64. The smallest absolute Gasteiger partial charge is 0.137 e.